The number of carbonyl (C=O) groups is 1. The van der Waals surface area contributed by atoms with Crippen molar-refractivity contribution in [1.29, 1.82) is 0 Å². The summed E-state index contributed by atoms with van der Waals surface area (Å²) in [5.41, 5.74) is 3.28. The Morgan fingerprint density at radius 3 is 2.38 bits per heavy atom. The number of benzene rings is 2. The van der Waals surface area contributed by atoms with Crippen molar-refractivity contribution in [2.75, 3.05) is 25.2 Å². The zero-order chi connectivity index (χ0) is 23.1. The molecule has 32 heavy (non-hydrogen) atoms. The summed E-state index contributed by atoms with van der Waals surface area (Å²) < 4.78 is 2.11. The topological polar surface area (TPSA) is 63.1 Å². The molecule has 3 rings (SSSR count). The number of nitrogens with zero attached hydrogens (tertiary/aromatic N) is 4. The standard InChI is InChI=1S/C25H33N5OS/c1-6-18(2)21-12-14-22(15-13-21)26-23(31)17-32-25-28-27-24(19(3)29(4)5)30(25)16-20-10-8-7-9-11-20/h7-15,18-19H,6,16-17H2,1-5H3,(H,26,31)/t18-,19-/m0/s1. The highest BCUT2D eigenvalue weighted by molar-refractivity contribution is 7.99. The first-order chi connectivity index (χ1) is 15.4. The quantitative estimate of drug-likeness (QED) is 0.430. The number of nitrogens with one attached hydrogen (secondary N) is 1. The van der Waals surface area contributed by atoms with Gasteiger partial charge in [0, 0.05) is 5.69 Å². The van der Waals surface area contributed by atoms with E-state index >= 15 is 0 Å². The summed E-state index contributed by atoms with van der Waals surface area (Å²) in [5, 5.41) is 12.6. The minimum absolute atomic E-state index is 0.0530. The molecule has 0 fully saturated rings. The van der Waals surface area contributed by atoms with Crippen molar-refractivity contribution in [3.63, 3.8) is 0 Å². The average Bonchev–Trinajstić information content (AvgIpc) is 3.19. The minimum atomic E-state index is -0.0530. The number of carbonyl (C=O) groups excluding carboxylic acids is 1. The molecular formula is C25H33N5OS. The molecule has 0 radical (unpaired) electrons. The van der Waals surface area contributed by atoms with Gasteiger partial charge >= 0.3 is 0 Å². The third kappa shape index (κ3) is 6.20. The van der Waals surface area contributed by atoms with E-state index in [1.54, 1.807) is 0 Å². The van der Waals surface area contributed by atoms with E-state index in [4.69, 9.17) is 0 Å². The van der Waals surface area contributed by atoms with Crippen LogP contribution in [0.4, 0.5) is 5.69 Å². The summed E-state index contributed by atoms with van der Waals surface area (Å²) in [7, 11) is 4.05. The van der Waals surface area contributed by atoms with Gasteiger partial charge in [-0.05, 0) is 56.6 Å². The second-order valence-electron chi connectivity index (χ2n) is 8.32. The van der Waals surface area contributed by atoms with Crippen LogP contribution >= 0.6 is 11.8 Å². The van der Waals surface area contributed by atoms with Gasteiger partial charge in [0.15, 0.2) is 11.0 Å². The summed E-state index contributed by atoms with van der Waals surface area (Å²) in [6, 6.07) is 18.5. The molecule has 0 aliphatic heterocycles. The van der Waals surface area contributed by atoms with E-state index in [-0.39, 0.29) is 17.7 Å². The van der Waals surface area contributed by atoms with E-state index in [9.17, 15) is 4.79 Å². The van der Waals surface area contributed by atoms with E-state index in [0.717, 1.165) is 23.1 Å². The lowest BCUT2D eigenvalue weighted by Crippen LogP contribution is -2.21. The Morgan fingerprint density at radius 1 is 1.06 bits per heavy atom. The molecule has 0 aliphatic rings. The number of thioether (sulfide) groups is 1. The molecule has 1 heterocycles. The maximum Gasteiger partial charge on any atom is 0.234 e. The number of rotatable bonds is 10. The van der Waals surface area contributed by atoms with Crippen molar-refractivity contribution < 1.29 is 4.79 Å². The van der Waals surface area contributed by atoms with Gasteiger partial charge in [0.2, 0.25) is 5.91 Å². The van der Waals surface area contributed by atoms with E-state index in [1.807, 2.05) is 44.4 Å². The normalized spacial score (nSPS) is 13.2. The molecule has 0 saturated heterocycles. The van der Waals surface area contributed by atoms with Gasteiger partial charge in [0.1, 0.15) is 0 Å². The third-order valence-electron chi connectivity index (χ3n) is 5.79. The van der Waals surface area contributed by atoms with Crippen molar-refractivity contribution in [1.82, 2.24) is 19.7 Å². The third-order valence-corrected chi connectivity index (χ3v) is 6.75. The van der Waals surface area contributed by atoms with E-state index in [2.05, 4.69) is 70.0 Å². The van der Waals surface area contributed by atoms with Gasteiger partial charge in [0.05, 0.1) is 18.3 Å². The maximum absolute atomic E-state index is 12.6. The van der Waals surface area contributed by atoms with Gasteiger partial charge in [-0.15, -0.1) is 10.2 Å². The molecule has 2 aromatic carbocycles. The number of amides is 1. The fourth-order valence-electron chi connectivity index (χ4n) is 3.32. The zero-order valence-corrected chi connectivity index (χ0v) is 20.4. The van der Waals surface area contributed by atoms with Gasteiger partial charge in [-0.25, -0.2) is 0 Å². The minimum Gasteiger partial charge on any atom is -0.325 e. The summed E-state index contributed by atoms with van der Waals surface area (Å²) in [6.45, 7) is 7.16. The van der Waals surface area contributed by atoms with Crippen LogP contribution in [0.15, 0.2) is 59.8 Å². The van der Waals surface area contributed by atoms with Crippen LogP contribution in [-0.2, 0) is 11.3 Å². The van der Waals surface area contributed by atoms with Crippen LogP contribution in [0.5, 0.6) is 0 Å². The first-order valence-corrected chi connectivity index (χ1v) is 12.0. The second-order valence-corrected chi connectivity index (χ2v) is 9.26. The summed E-state index contributed by atoms with van der Waals surface area (Å²) in [6.07, 6.45) is 1.10. The first kappa shape index (κ1) is 24.0. The number of anilines is 1. The second kappa shape index (κ2) is 11.3. The number of hydrogen-bond acceptors (Lipinski definition) is 5. The summed E-state index contributed by atoms with van der Waals surface area (Å²) in [5.74, 6) is 1.63. The van der Waals surface area contributed by atoms with Crippen LogP contribution in [0.2, 0.25) is 0 Å². The Hall–Kier alpha value is -2.64. The average molecular weight is 452 g/mol. The van der Waals surface area contributed by atoms with Crippen molar-refractivity contribution in [2.45, 2.75) is 50.9 Å². The molecule has 6 nitrogen and oxygen atoms in total. The van der Waals surface area contributed by atoms with Crippen LogP contribution in [0, 0.1) is 0 Å². The number of aromatic nitrogens is 3. The Labute approximate surface area is 195 Å². The summed E-state index contributed by atoms with van der Waals surface area (Å²) in [4.78, 5) is 14.7. The molecule has 1 amide bonds. The summed E-state index contributed by atoms with van der Waals surface area (Å²) >= 11 is 1.41. The molecule has 2 atom stereocenters. The lowest BCUT2D eigenvalue weighted by molar-refractivity contribution is -0.113. The molecule has 1 aromatic heterocycles. The molecule has 0 bridgehead atoms. The van der Waals surface area contributed by atoms with Gasteiger partial charge in [-0.3, -0.25) is 9.69 Å². The Morgan fingerprint density at radius 2 is 1.75 bits per heavy atom. The molecule has 0 saturated carbocycles. The lowest BCUT2D eigenvalue weighted by atomic mass is 9.99. The monoisotopic (exact) mass is 451 g/mol. The SMILES string of the molecule is CC[C@H](C)c1ccc(NC(=O)CSc2nnc([C@H](C)N(C)C)n2Cc2ccccc2)cc1. The van der Waals surface area contributed by atoms with Crippen molar-refractivity contribution in [3.8, 4) is 0 Å². The Bertz CT molecular complexity index is 1000. The van der Waals surface area contributed by atoms with Crippen LogP contribution in [-0.4, -0.2) is 45.4 Å². The Balaban J connectivity index is 1.69. The van der Waals surface area contributed by atoms with E-state index < -0.39 is 0 Å². The molecule has 0 unspecified atom stereocenters. The predicted molar refractivity (Wildman–Crippen MR) is 132 cm³/mol. The Kier molecular flexibility index (Phi) is 8.47. The van der Waals surface area contributed by atoms with Crippen molar-refractivity contribution >= 4 is 23.4 Å². The molecule has 170 valence electrons. The molecule has 7 heteroatoms. The molecule has 0 aliphatic carbocycles. The lowest BCUT2D eigenvalue weighted by Gasteiger charge is -2.20. The van der Waals surface area contributed by atoms with Gasteiger partial charge < -0.3 is 9.88 Å². The molecular weight excluding hydrogens is 418 g/mol. The van der Waals surface area contributed by atoms with Crippen LogP contribution in [0.3, 0.4) is 0 Å². The molecule has 3 aromatic rings. The van der Waals surface area contributed by atoms with E-state index in [1.165, 1.54) is 22.9 Å². The van der Waals surface area contributed by atoms with Crippen LogP contribution < -0.4 is 5.32 Å². The largest absolute Gasteiger partial charge is 0.325 e. The first-order valence-electron chi connectivity index (χ1n) is 11.0. The smallest absolute Gasteiger partial charge is 0.234 e. The van der Waals surface area contributed by atoms with Crippen LogP contribution in [0.1, 0.15) is 56.1 Å². The molecule has 0 spiro atoms. The van der Waals surface area contributed by atoms with Gasteiger partial charge in [0.25, 0.3) is 0 Å². The highest BCUT2D eigenvalue weighted by Gasteiger charge is 2.20. The van der Waals surface area contributed by atoms with Gasteiger partial charge in [-0.2, -0.15) is 0 Å². The fourth-order valence-corrected chi connectivity index (χ4v) is 4.06. The highest BCUT2D eigenvalue weighted by Crippen LogP contribution is 2.25. The van der Waals surface area contributed by atoms with Crippen LogP contribution in [0.25, 0.3) is 0 Å². The highest BCUT2D eigenvalue weighted by atomic mass is 32.2. The molecule has 1 N–H and O–H groups in total. The van der Waals surface area contributed by atoms with E-state index in [0.29, 0.717) is 12.5 Å². The van der Waals surface area contributed by atoms with Crippen molar-refractivity contribution in [2.24, 2.45) is 0 Å². The fraction of sp³-hybridized carbons (Fsp3) is 0.400. The number of hydrogen-bond donors (Lipinski definition) is 1. The zero-order valence-electron chi connectivity index (χ0n) is 19.6. The van der Waals surface area contributed by atoms with Crippen molar-refractivity contribution in [3.05, 3.63) is 71.5 Å². The predicted octanol–water partition coefficient (Wildman–Crippen LogP) is 5.19. The van der Waals surface area contributed by atoms with Gasteiger partial charge in [-0.1, -0.05) is 68.1 Å². The maximum atomic E-state index is 12.6.